The normalized spacial score (nSPS) is 23.5. The highest BCUT2D eigenvalue weighted by Gasteiger charge is 2.32. The summed E-state index contributed by atoms with van der Waals surface area (Å²) in [4.78, 5) is 20.8. The summed E-state index contributed by atoms with van der Waals surface area (Å²) in [6.07, 6.45) is 2.13. The maximum Gasteiger partial charge on any atom is 0.332 e. The van der Waals surface area contributed by atoms with Crippen LogP contribution in [0, 0.1) is 23.0 Å². The molecule has 19 heavy (non-hydrogen) atoms. The number of aryl methyl sites for hydroxylation is 1. The molecule has 2 atom stereocenters. The van der Waals surface area contributed by atoms with Crippen molar-refractivity contribution in [3.8, 4) is 0 Å². The molecule has 0 N–H and O–H groups in total. The van der Waals surface area contributed by atoms with Gasteiger partial charge in [-0.1, -0.05) is 6.92 Å². The first-order valence-corrected chi connectivity index (χ1v) is 6.73. The van der Waals surface area contributed by atoms with Gasteiger partial charge < -0.3 is 4.90 Å². The van der Waals surface area contributed by atoms with Crippen molar-refractivity contribution >= 4 is 23.1 Å². The minimum atomic E-state index is -0.424. The van der Waals surface area contributed by atoms with E-state index in [0.717, 1.165) is 19.4 Å². The van der Waals surface area contributed by atoms with Crippen molar-refractivity contribution in [1.29, 1.82) is 0 Å². The van der Waals surface area contributed by atoms with E-state index < -0.39 is 4.92 Å². The third kappa shape index (κ3) is 2.78. The molecule has 2 rings (SSSR count). The Bertz CT molecular complexity index is 509. The van der Waals surface area contributed by atoms with Crippen LogP contribution >= 0.6 is 11.6 Å². The molecule has 0 amide bonds. The van der Waals surface area contributed by atoms with Crippen molar-refractivity contribution in [2.45, 2.75) is 39.7 Å². The molecule has 0 saturated carbocycles. The molecule has 104 valence electrons. The fraction of sp³-hybridized carbons (Fsp3) is 0.667. The van der Waals surface area contributed by atoms with Gasteiger partial charge in [-0.05, 0) is 44.2 Å². The van der Waals surface area contributed by atoms with Crippen molar-refractivity contribution in [3.63, 3.8) is 0 Å². The fourth-order valence-corrected chi connectivity index (χ4v) is 2.72. The second-order valence-corrected chi connectivity index (χ2v) is 5.53. The number of hydrogen-bond acceptors (Lipinski definition) is 5. The van der Waals surface area contributed by atoms with Gasteiger partial charge in [0.1, 0.15) is 5.69 Å². The van der Waals surface area contributed by atoms with E-state index in [-0.39, 0.29) is 17.0 Å². The lowest BCUT2D eigenvalue weighted by Crippen LogP contribution is -2.42. The lowest BCUT2D eigenvalue weighted by Gasteiger charge is -2.37. The highest BCUT2D eigenvalue weighted by molar-refractivity contribution is 6.28. The van der Waals surface area contributed by atoms with Gasteiger partial charge in [-0.15, -0.1) is 0 Å². The molecule has 7 heteroatoms. The molecule has 0 aromatic carbocycles. The average molecular weight is 285 g/mol. The van der Waals surface area contributed by atoms with Gasteiger partial charge in [-0.2, -0.15) is 4.98 Å². The van der Waals surface area contributed by atoms with Crippen molar-refractivity contribution in [2.75, 3.05) is 11.4 Å². The quantitative estimate of drug-likeness (QED) is 0.474. The van der Waals surface area contributed by atoms with Crippen LogP contribution in [0.15, 0.2) is 0 Å². The van der Waals surface area contributed by atoms with E-state index in [2.05, 4.69) is 23.8 Å². The molecule has 2 unspecified atom stereocenters. The maximum absolute atomic E-state index is 11.2. The third-order valence-corrected chi connectivity index (χ3v) is 3.75. The van der Waals surface area contributed by atoms with Gasteiger partial charge in [-0.25, -0.2) is 4.98 Å². The minimum absolute atomic E-state index is 0.0367. The molecule has 1 saturated heterocycles. The summed E-state index contributed by atoms with van der Waals surface area (Å²) >= 11 is 5.86. The smallest absolute Gasteiger partial charge is 0.332 e. The summed E-state index contributed by atoms with van der Waals surface area (Å²) in [6, 6.07) is 0.222. The van der Waals surface area contributed by atoms with Crippen LogP contribution in [0.4, 0.5) is 11.5 Å². The summed E-state index contributed by atoms with van der Waals surface area (Å²) in [5.41, 5.74) is 0.274. The van der Waals surface area contributed by atoms with E-state index in [9.17, 15) is 10.1 Å². The molecule has 1 aliphatic rings. The zero-order valence-electron chi connectivity index (χ0n) is 11.3. The second-order valence-electron chi connectivity index (χ2n) is 5.19. The highest BCUT2D eigenvalue weighted by atomic mass is 35.5. The Labute approximate surface area is 117 Å². The fourth-order valence-electron chi connectivity index (χ4n) is 2.52. The van der Waals surface area contributed by atoms with E-state index in [4.69, 9.17) is 11.6 Å². The van der Waals surface area contributed by atoms with Gasteiger partial charge in [0.05, 0.1) is 4.92 Å². The molecule has 0 spiro atoms. The first kappa shape index (κ1) is 14.0. The number of aromatic nitrogens is 2. The number of nitrogens with zero attached hydrogens (tertiary/aromatic N) is 4. The lowest BCUT2D eigenvalue weighted by atomic mass is 9.95. The number of nitro groups is 1. The Morgan fingerprint density at radius 1 is 1.37 bits per heavy atom. The Kier molecular flexibility index (Phi) is 3.89. The van der Waals surface area contributed by atoms with Crippen LogP contribution < -0.4 is 4.90 Å². The molecule has 2 heterocycles. The Hall–Kier alpha value is -1.43. The Morgan fingerprint density at radius 3 is 2.68 bits per heavy atom. The third-order valence-electron chi connectivity index (χ3n) is 3.58. The van der Waals surface area contributed by atoms with Crippen molar-refractivity contribution < 1.29 is 4.92 Å². The summed E-state index contributed by atoms with van der Waals surface area (Å²) in [5, 5.41) is 11.3. The summed E-state index contributed by atoms with van der Waals surface area (Å²) < 4.78 is 0. The molecule has 1 fully saturated rings. The van der Waals surface area contributed by atoms with Crippen molar-refractivity contribution in [3.05, 3.63) is 21.1 Å². The zero-order valence-corrected chi connectivity index (χ0v) is 12.0. The van der Waals surface area contributed by atoms with Gasteiger partial charge in [0, 0.05) is 12.6 Å². The number of hydrogen-bond donors (Lipinski definition) is 0. The molecule has 1 aromatic rings. The maximum atomic E-state index is 11.2. The largest absolute Gasteiger partial charge is 0.348 e. The molecule has 0 radical (unpaired) electrons. The standard InChI is InChI=1S/C12H17ClN4O2/c1-7-4-5-8(2)16(6-7)11-10(17(18)19)9(3)14-12(13)15-11/h7-8H,4-6H2,1-3H3. The first-order chi connectivity index (χ1) is 8.90. The summed E-state index contributed by atoms with van der Waals surface area (Å²) in [5.74, 6) is 0.839. The van der Waals surface area contributed by atoms with E-state index in [1.165, 1.54) is 0 Å². The van der Waals surface area contributed by atoms with E-state index in [1.807, 2.05) is 4.90 Å². The number of rotatable bonds is 2. The molecular formula is C12H17ClN4O2. The van der Waals surface area contributed by atoms with Gasteiger partial charge >= 0.3 is 5.69 Å². The van der Waals surface area contributed by atoms with Gasteiger partial charge in [-0.3, -0.25) is 10.1 Å². The van der Waals surface area contributed by atoms with E-state index in [0.29, 0.717) is 17.4 Å². The average Bonchev–Trinajstić information content (AvgIpc) is 2.30. The number of piperidine rings is 1. The van der Waals surface area contributed by atoms with Crippen LogP contribution in [0.25, 0.3) is 0 Å². The predicted molar refractivity (Wildman–Crippen MR) is 73.6 cm³/mol. The molecular weight excluding hydrogens is 268 g/mol. The number of anilines is 1. The van der Waals surface area contributed by atoms with Crippen LogP contribution in [0.2, 0.25) is 5.28 Å². The van der Waals surface area contributed by atoms with Crippen LogP contribution in [-0.2, 0) is 0 Å². The van der Waals surface area contributed by atoms with E-state index >= 15 is 0 Å². The van der Waals surface area contributed by atoms with Crippen molar-refractivity contribution in [1.82, 2.24) is 9.97 Å². The minimum Gasteiger partial charge on any atom is -0.348 e. The van der Waals surface area contributed by atoms with Gasteiger partial charge in [0.2, 0.25) is 11.1 Å². The summed E-state index contributed by atoms with van der Waals surface area (Å²) in [7, 11) is 0. The molecule has 1 aliphatic heterocycles. The van der Waals surface area contributed by atoms with Crippen molar-refractivity contribution in [2.24, 2.45) is 5.92 Å². The zero-order chi connectivity index (χ0) is 14.2. The lowest BCUT2D eigenvalue weighted by molar-refractivity contribution is -0.385. The Balaban J connectivity index is 2.50. The Morgan fingerprint density at radius 2 is 2.05 bits per heavy atom. The predicted octanol–water partition coefficient (Wildman–Crippen LogP) is 2.97. The molecule has 1 aromatic heterocycles. The van der Waals surface area contributed by atoms with Gasteiger partial charge in [0.25, 0.3) is 0 Å². The van der Waals surface area contributed by atoms with Crippen LogP contribution in [-0.4, -0.2) is 27.5 Å². The van der Waals surface area contributed by atoms with E-state index in [1.54, 1.807) is 6.92 Å². The number of halogens is 1. The van der Waals surface area contributed by atoms with Crippen LogP contribution in [0.5, 0.6) is 0 Å². The highest BCUT2D eigenvalue weighted by Crippen LogP contribution is 2.34. The molecule has 0 bridgehead atoms. The molecule has 0 aliphatic carbocycles. The van der Waals surface area contributed by atoms with Crippen LogP contribution in [0.3, 0.4) is 0 Å². The van der Waals surface area contributed by atoms with Gasteiger partial charge in [0.15, 0.2) is 0 Å². The second kappa shape index (κ2) is 5.28. The molecule has 6 nitrogen and oxygen atoms in total. The summed E-state index contributed by atoms with van der Waals surface area (Å²) in [6.45, 7) is 6.54. The first-order valence-electron chi connectivity index (χ1n) is 6.35. The monoisotopic (exact) mass is 284 g/mol. The topological polar surface area (TPSA) is 72.2 Å². The van der Waals surface area contributed by atoms with Crippen LogP contribution in [0.1, 0.15) is 32.4 Å². The SMILES string of the molecule is Cc1nc(Cl)nc(N2CC(C)CCC2C)c1[N+](=O)[O-].